The second-order valence-corrected chi connectivity index (χ2v) is 8.40. The summed E-state index contributed by atoms with van der Waals surface area (Å²) >= 11 is 0. The molecule has 1 rings (SSSR count). The summed E-state index contributed by atoms with van der Waals surface area (Å²) in [7, 11) is -3.55. The predicted molar refractivity (Wildman–Crippen MR) is 99.1 cm³/mol. The average molecular weight is 371 g/mol. The highest BCUT2D eigenvalue weighted by Gasteiger charge is 2.18. The predicted octanol–water partition coefficient (Wildman–Crippen LogP) is 2.69. The molecule has 0 aliphatic rings. The molecule has 1 aromatic carbocycles. The Kier molecular flexibility index (Phi) is 8.38. The number of benzene rings is 1. The Morgan fingerprint density at radius 3 is 2.24 bits per heavy atom. The molecule has 25 heavy (non-hydrogen) atoms. The van der Waals surface area contributed by atoms with Crippen molar-refractivity contribution in [3.8, 4) is 5.75 Å². The highest BCUT2D eigenvalue weighted by Crippen LogP contribution is 2.18. The van der Waals surface area contributed by atoms with Gasteiger partial charge in [-0.05, 0) is 50.5 Å². The van der Waals surface area contributed by atoms with Gasteiger partial charge in [-0.2, -0.15) is 0 Å². The van der Waals surface area contributed by atoms with E-state index >= 15 is 0 Å². The van der Waals surface area contributed by atoms with E-state index in [4.69, 9.17) is 4.74 Å². The van der Waals surface area contributed by atoms with E-state index in [9.17, 15) is 13.2 Å². The first-order valence-electron chi connectivity index (χ1n) is 8.72. The first-order chi connectivity index (χ1) is 11.7. The van der Waals surface area contributed by atoms with Crippen LogP contribution in [0.3, 0.4) is 0 Å². The third-order valence-corrected chi connectivity index (χ3v) is 5.18. The molecule has 0 unspecified atom stereocenters. The number of hydrogen-bond acceptors (Lipinski definition) is 4. The Morgan fingerprint density at radius 2 is 1.72 bits per heavy atom. The van der Waals surface area contributed by atoms with Gasteiger partial charge < -0.3 is 10.1 Å². The molecule has 0 heterocycles. The Balaban J connectivity index is 2.68. The van der Waals surface area contributed by atoms with E-state index in [0.29, 0.717) is 18.2 Å². The maximum Gasteiger partial charge on any atom is 0.260 e. The Hall–Kier alpha value is -1.60. The van der Waals surface area contributed by atoms with Crippen LogP contribution in [0.15, 0.2) is 29.2 Å². The molecule has 0 saturated carbocycles. The summed E-state index contributed by atoms with van der Waals surface area (Å²) in [5, 5.41) is 2.80. The molecule has 0 spiro atoms. The normalized spacial score (nSPS) is 14.2. The molecule has 0 aliphatic carbocycles. The van der Waals surface area contributed by atoms with Crippen LogP contribution in [-0.4, -0.2) is 33.0 Å². The molecule has 0 aromatic heterocycles. The number of amides is 1. The van der Waals surface area contributed by atoms with Crippen LogP contribution in [0.25, 0.3) is 0 Å². The van der Waals surface area contributed by atoms with E-state index in [1.54, 1.807) is 19.1 Å². The van der Waals surface area contributed by atoms with Crippen molar-refractivity contribution in [2.24, 2.45) is 5.92 Å². The third-order valence-electron chi connectivity index (χ3n) is 3.58. The number of carbonyl (C=O) groups excluding carboxylic acids is 1. The molecular formula is C18H30N2O4S. The van der Waals surface area contributed by atoms with E-state index in [0.717, 1.165) is 12.8 Å². The van der Waals surface area contributed by atoms with Crippen LogP contribution in [0.4, 0.5) is 0 Å². The minimum atomic E-state index is -3.55. The lowest BCUT2D eigenvalue weighted by molar-refractivity contribution is -0.127. The molecule has 1 amide bonds. The minimum absolute atomic E-state index is 0.115. The van der Waals surface area contributed by atoms with Crippen molar-refractivity contribution in [3.63, 3.8) is 0 Å². The van der Waals surface area contributed by atoms with Crippen molar-refractivity contribution < 1.29 is 17.9 Å². The number of ether oxygens (including phenoxy) is 1. The number of hydrogen-bond donors (Lipinski definition) is 2. The van der Waals surface area contributed by atoms with Crippen molar-refractivity contribution in [1.29, 1.82) is 0 Å². The molecular weight excluding hydrogens is 340 g/mol. The summed E-state index contributed by atoms with van der Waals surface area (Å²) in [5.74, 6) is 0.622. The molecule has 0 fully saturated rings. The van der Waals surface area contributed by atoms with Crippen LogP contribution in [0, 0.1) is 5.92 Å². The van der Waals surface area contributed by atoms with Gasteiger partial charge in [0.2, 0.25) is 10.0 Å². The second kappa shape index (κ2) is 9.77. The molecule has 2 atom stereocenters. The van der Waals surface area contributed by atoms with E-state index < -0.39 is 16.1 Å². The molecule has 7 heteroatoms. The molecule has 142 valence electrons. The maximum absolute atomic E-state index is 12.3. The van der Waals surface area contributed by atoms with Gasteiger partial charge in [0.25, 0.3) is 5.91 Å². The highest BCUT2D eigenvalue weighted by atomic mass is 32.2. The van der Waals surface area contributed by atoms with Crippen LogP contribution in [-0.2, 0) is 14.8 Å². The van der Waals surface area contributed by atoms with Crippen LogP contribution in [0.1, 0.15) is 47.5 Å². The van der Waals surface area contributed by atoms with E-state index in [1.165, 1.54) is 12.1 Å². The second-order valence-electron chi connectivity index (χ2n) is 6.68. The van der Waals surface area contributed by atoms with Gasteiger partial charge in [0.05, 0.1) is 4.90 Å². The van der Waals surface area contributed by atoms with Gasteiger partial charge in [-0.3, -0.25) is 4.79 Å². The topological polar surface area (TPSA) is 84.5 Å². The number of carbonyl (C=O) groups is 1. The molecule has 0 saturated heterocycles. The number of rotatable bonds is 10. The first-order valence-corrected chi connectivity index (χ1v) is 10.2. The quantitative estimate of drug-likeness (QED) is 0.663. The molecule has 1 aromatic rings. The van der Waals surface area contributed by atoms with Crippen LogP contribution < -0.4 is 14.8 Å². The van der Waals surface area contributed by atoms with E-state index in [1.807, 2.05) is 27.7 Å². The van der Waals surface area contributed by atoms with Crippen molar-refractivity contribution in [3.05, 3.63) is 24.3 Å². The van der Waals surface area contributed by atoms with Gasteiger partial charge in [0, 0.05) is 12.6 Å². The molecule has 2 N–H and O–H groups in total. The van der Waals surface area contributed by atoms with E-state index in [2.05, 4.69) is 10.0 Å². The van der Waals surface area contributed by atoms with Crippen LogP contribution >= 0.6 is 0 Å². The summed E-state index contributed by atoms with van der Waals surface area (Å²) in [6.45, 7) is 10.1. The third kappa shape index (κ3) is 7.44. The molecule has 6 nitrogen and oxygen atoms in total. The maximum atomic E-state index is 12.3. The number of nitrogens with one attached hydrogen (secondary N) is 2. The van der Waals surface area contributed by atoms with Crippen molar-refractivity contribution >= 4 is 15.9 Å². The fraction of sp³-hybridized carbons (Fsp3) is 0.611. The Labute approximate surface area is 151 Å². The summed E-state index contributed by atoms with van der Waals surface area (Å²) < 4.78 is 32.8. The molecule has 0 radical (unpaired) electrons. The first kappa shape index (κ1) is 21.4. The fourth-order valence-corrected chi connectivity index (χ4v) is 3.51. The smallest absolute Gasteiger partial charge is 0.260 e. The van der Waals surface area contributed by atoms with Gasteiger partial charge in [0.1, 0.15) is 5.75 Å². The van der Waals surface area contributed by atoms with Gasteiger partial charge in [0.15, 0.2) is 6.10 Å². The van der Waals surface area contributed by atoms with Gasteiger partial charge in [-0.1, -0.05) is 27.2 Å². The fourth-order valence-electron chi connectivity index (χ4n) is 2.23. The zero-order valence-electron chi connectivity index (χ0n) is 15.7. The lowest BCUT2D eigenvalue weighted by Gasteiger charge is -2.16. The zero-order valence-corrected chi connectivity index (χ0v) is 16.5. The molecule has 0 bridgehead atoms. The highest BCUT2D eigenvalue weighted by molar-refractivity contribution is 7.89. The van der Waals surface area contributed by atoms with Crippen LogP contribution in [0.5, 0.6) is 5.75 Å². The van der Waals surface area contributed by atoms with E-state index in [-0.39, 0.29) is 16.8 Å². The monoisotopic (exact) mass is 370 g/mol. The SMILES string of the molecule is CCC[C@@H](C)NS(=O)(=O)c1ccc(O[C@@H](C)C(=O)NCC(C)C)cc1. The Morgan fingerprint density at radius 1 is 1.12 bits per heavy atom. The van der Waals surface area contributed by atoms with Crippen molar-refractivity contribution in [2.75, 3.05) is 6.54 Å². The standard InChI is InChI=1S/C18H30N2O4S/c1-6-7-14(4)20-25(22,23)17-10-8-16(9-11-17)24-15(5)18(21)19-12-13(2)3/h8-11,13-15,20H,6-7,12H2,1-5H3,(H,19,21)/t14-,15+/m1/s1. The van der Waals surface area contributed by atoms with Gasteiger partial charge >= 0.3 is 0 Å². The summed E-state index contributed by atoms with van der Waals surface area (Å²) in [6, 6.07) is 5.97. The zero-order chi connectivity index (χ0) is 19.0. The van der Waals surface area contributed by atoms with Crippen molar-refractivity contribution in [2.45, 2.75) is 64.5 Å². The van der Waals surface area contributed by atoms with Gasteiger partial charge in [-0.25, -0.2) is 13.1 Å². The summed E-state index contributed by atoms with van der Waals surface area (Å²) in [6.07, 6.45) is 1.04. The van der Waals surface area contributed by atoms with Crippen molar-refractivity contribution in [1.82, 2.24) is 10.0 Å². The summed E-state index contributed by atoms with van der Waals surface area (Å²) in [4.78, 5) is 12.1. The number of sulfonamides is 1. The average Bonchev–Trinajstić information content (AvgIpc) is 2.52. The van der Waals surface area contributed by atoms with Gasteiger partial charge in [-0.15, -0.1) is 0 Å². The van der Waals surface area contributed by atoms with Crippen LogP contribution in [0.2, 0.25) is 0 Å². The lowest BCUT2D eigenvalue weighted by atomic mass is 10.2. The summed E-state index contributed by atoms with van der Waals surface area (Å²) in [5.41, 5.74) is 0. The lowest BCUT2D eigenvalue weighted by Crippen LogP contribution is -2.38. The minimum Gasteiger partial charge on any atom is -0.481 e. The largest absolute Gasteiger partial charge is 0.481 e. The molecule has 0 aliphatic heterocycles. The Bertz CT molecular complexity index is 642.